The smallest absolute Gasteiger partial charge is 0.342 e. The predicted molar refractivity (Wildman–Crippen MR) is 104 cm³/mol. The van der Waals surface area contributed by atoms with Crippen molar-refractivity contribution in [2.75, 3.05) is 9.91 Å². The van der Waals surface area contributed by atoms with E-state index in [2.05, 4.69) is 5.43 Å². The van der Waals surface area contributed by atoms with Gasteiger partial charge in [0.05, 0.1) is 11.6 Å². The van der Waals surface area contributed by atoms with Gasteiger partial charge in [-0.05, 0) is 48.7 Å². The molecule has 2 atom stereocenters. The van der Waals surface area contributed by atoms with Gasteiger partial charge in [0.25, 0.3) is 0 Å². The van der Waals surface area contributed by atoms with E-state index in [1.165, 1.54) is 0 Å². The Morgan fingerprint density at radius 2 is 1.67 bits per heavy atom. The Bertz CT molecular complexity index is 820. The summed E-state index contributed by atoms with van der Waals surface area (Å²) in [6.45, 7) is 4.09. The molecule has 7 heteroatoms. The Morgan fingerprint density at radius 1 is 1.11 bits per heavy atom. The molecule has 2 unspecified atom stereocenters. The van der Waals surface area contributed by atoms with E-state index in [-0.39, 0.29) is 12.2 Å². The zero-order valence-electron chi connectivity index (χ0n) is 15.4. The number of hydrogen-bond donors (Lipinski definition) is 3. The summed E-state index contributed by atoms with van der Waals surface area (Å²) >= 11 is 0. The van der Waals surface area contributed by atoms with Crippen molar-refractivity contribution < 1.29 is 14.7 Å². The first kappa shape index (κ1) is 18.7. The lowest BCUT2D eigenvalue weighted by molar-refractivity contribution is -0.141. The lowest BCUT2D eigenvalue weighted by Crippen LogP contribution is -2.38. The highest BCUT2D eigenvalue weighted by molar-refractivity contribution is 5.97. The number of hydrogen-bond acceptors (Lipinski definition) is 4. The summed E-state index contributed by atoms with van der Waals surface area (Å²) in [5, 5.41) is 10.8. The monoisotopic (exact) mass is 368 g/mol. The van der Waals surface area contributed by atoms with Crippen LogP contribution in [0.25, 0.3) is 0 Å². The maximum atomic E-state index is 12.5. The van der Waals surface area contributed by atoms with E-state index in [0.29, 0.717) is 13.0 Å². The number of carboxylic acids is 1. The molecule has 3 rings (SSSR count). The van der Waals surface area contributed by atoms with Crippen molar-refractivity contribution in [2.45, 2.75) is 33.0 Å². The van der Waals surface area contributed by atoms with E-state index in [1.807, 2.05) is 60.5 Å². The minimum Gasteiger partial charge on any atom is -0.481 e. The fraction of sp³-hybridized carbons (Fsp3) is 0.300. The highest BCUT2D eigenvalue weighted by atomic mass is 16.4. The Balaban J connectivity index is 1.76. The number of nitrogens with two attached hydrogens (primary N) is 1. The van der Waals surface area contributed by atoms with Gasteiger partial charge in [-0.3, -0.25) is 14.7 Å². The number of nitrogens with zero attached hydrogens (tertiary/aromatic N) is 2. The first-order valence-electron chi connectivity index (χ1n) is 8.90. The molecule has 2 aromatic carbocycles. The van der Waals surface area contributed by atoms with Crippen molar-refractivity contribution in [2.24, 2.45) is 11.7 Å². The minimum atomic E-state index is -0.817. The van der Waals surface area contributed by atoms with E-state index < -0.39 is 11.9 Å². The number of carbonyl (C=O) groups is 2. The van der Waals surface area contributed by atoms with Crippen LogP contribution in [0.4, 0.5) is 16.2 Å². The van der Waals surface area contributed by atoms with Gasteiger partial charge in [0.15, 0.2) is 0 Å². The second-order valence-electron chi connectivity index (χ2n) is 6.77. The molecule has 1 aliphatic rings. The van der Waals surface area contributed by atoms with Gasteiger partial charge in [0, 0.05) is 12.2 Å². The zero-order chi connectivity index (χ0) is 19.6. The number of aliphatic carboxylic acids is 1. The standard InChI is InChI=1S/C20H24N4O3/c1-13(19(25)26)11-15-3-7-17(8-4-15)23-14(2)24(22-20(23)27)18-9-5-16(12-21)6-10-18/h3-10,13-14H,11-12,21H2,1-2H3,(H,22,27)(H,25,26). The van der Waals surface area contributed by atoms with E-state index in [1.54, 1.807) is 11.8 Å². The summed E-state index contributed by atoms with van der Waals surface area (Å²) in [4.78, 5) is 25.2. The molecule has 2 aromatic rings. The average Bonchev–Trinajstić information content (AvgIpc) is 2.96. The van der Waals surface area contributed by atoms with Crippen LogP contribution in [-0.4, -0.2) is 23.3 Å². The summed E-state index contributed by atoms with van der Waals surface area (Å²) in [7, 11) is 0. The molecule has 1 heterocycles. The molecule has 27 heavy (non-hydrogen) atoms. The number of benzene rings is 2. The summed E-state index contributed by atoms with van der Waals surface area (Å²) < 4.78 is 0. The normalized spacial score (nSPS) is 17.7. The van der Waals surface area contributed by atoms with Gasteiger partial charge in [-0.25, -0.2) is 10.2 Å². The largest absolute Gasteiger partial charge is 0.481 e. The third-order valence-electron chi connectivity index (χ3n) is 4.81. The van der Waals surface area contributed by atoms with Crippen LogP contribution in [0.2, 0.25) is 0 Å². The van der Waals surface area contributed by atoms with Crippen molar-refractivity contribution in [3.63, 3.8) is 0 Å². The van der Waals surface area contributed by atoms with Gasteiger partial charge >= 0.3 is 12.0 Å². The third kappa shape index (κ3) is 3.88. The second-order valence-corrected chi connectivity index (χ2v) is 6.77. The summed E-state index contributed by atoms with van der Waals surface area (Å²) in [6, 6.07) is 15.0. The Morgan fingerprint density at radius 3 is 2.22 bits per heavy atom. The molecule has 1 aliphatic heterocycles. The lowest BCUT2D eigenvalue weighted by atomic mass is 10.0. The molecule has 2 amide bonds. The molecule has 0 radical (unpaired) electrons. The molecule has 0 bridgehead atoms. The molecular formula is C20H24N4O3. The summed E-state index contributed by atoms with van der Waals surface area (Å²) in [5.74, 6) is -1.26. The second kappa shape index (κ2) is 7.67. The molecule has 1 saturated heterocycles. The van der Waals surface area contributed by atoms with Crippen LogP contribution in [0.3, 0.4) is 0 Å². The van der Waals surface area contributed by atoms with E-state index >= 15 is 0 Å². The Hall–Kier alpha value is -3.06. The van der Waals surface area contributed by atoms with Crippen LogP contribution in [0, 0.1) is 5.92 Å². The molecule has 0 aliphatic carbocycles. The maximum Gasteiger partial charge on any atom is 0.342 e. The number of carbonyl (C=O) groups excluding carboxylic acids is 1. The molecule has 142 valence electrons. The number of anilines is 2. The number of carboxylic acid groups (broad SMARTS) is 1. The summed E-state index contributed by atoms with van der Waals surface area (Å²) in [5.41, 5.74) is 12.1. The Labute approximate surface area is 158 Å². The molecule has 0 spiro atoms. The van der Waals surface area contributed by atoms with Crippen LogP contribution in [0.15, 0.2) is 48.5 Å². The number of amides is 2. The van der Waals surface area contributed by atoms with Gasteiger partial charge in [-0.2, -0.15) is 0 Å². The zero-order valence-corrected chi connectivity index (χ0v) is 15.4. The van der Waals surface area contributed by atoms with Crippen molar-refractivity contribution in [1.29, 1.82) is 0 Å². The van der Waals surface area contributed by atoms with Crippen molar-refractivity contribution in [3.05, 3.63) is 59.7 Å². The number of rotatable bonds is 6. The van der Waals surface area contributed by atoms with Crippen LogP contribution < -0.4 is 21.1 Å². The highest BCUT2D eigenvalue weighted by Crippen LogP contribution is 2.27. The van der Waals surface area contributed by atoms with Gasteiger partial charge in [-0.1, -0.05) is 31.2 Å². The topological polar surface area (TPSA) is 98.9 Å². The quantitative estimate of drug-likeness (QED) is 0.728. The molecular weight excluding hydrogens is 344 g/mol. The molecule has 1 fully saturated rings. The highest BCUT2D eigenvalue weighted by Gasteiger charge is 2.35. The number of urea groups is 1. The fourth-order valence-corrected chi connectivity index (χ4v) is 3.17. The van der Waals surface area contributed by atoms with Crippen molar-refractivity contribution in [1.82, 2.24) is 5.43 Å². The van der Waals surface area contributed by atoms with Crippen molar-refractivity contribution in [3.8, 4) is 0 Å². The van der Waals surface area contributed by atoms with Crippen LogP contribution >= 0.6 is 0 Å². The molecule has 4 N–H and O–H groups in total. The number of hydrazine groups is 1. The van der Waals surface area contributed by atoms with Crippen LogP contribution in [-0.2, 0) is 17.8 Å². The minimum absolute atomic E-state index is 0.211. The first-order chi connectivity index (χ1) is 12.9. The van der Waals surface area contributed by atoms with Gasteiger partial charge < -0.3 is 10.8 Å². The van der Waals surface area contributed by atoms with Crippen molar-refractivity contribution >= 4 is 23.4 Å². The Kier molecular flexibility index (Phi) is 5.32. The van der Waals surface area contributed by atoms with Gasteiger partial charge in [0.1, 0.15) is 6.17 Å². The van der Waals surface area contributed by atoms with Crippen LogP contribution in [0.1, 0.15) is 25.0 Å². The molecule has 7 nitrogen and oxygen atoms in total. The lowest BCUT2D eigenvalue weighted by Gasteiger charge is -2.26. The maximum absolute atomic E-state index is 12.5. The van der Waals surface area contributed by atoms with Gasteiger partial charge in [0.2, 0.25) is 0 Å². The third-order valence-corrected chi connectivity index (χ3v) is 4.81. The van der Waals surface area contributed by atoms with Crippen LogP contribution in [0.5, 0.6) is 0 Å². The fourth-order valence-electron chi connectivity index (χ4n) is 3.17. The number of nitrogens with one attached hydrogen (secondary N) is 1. The van der Waals surface area contributed by atoms with E-state index in [9.17, 15) is 9.59 Å². The molecule has 0 saturated carbocycles. The van der Waals surface area contributed by atoms with E-state index in [4.69, 9.17) is 10.8 Å². The molecule has 0 aromatic heterocycles. The first-order valence-corrected chi connectivity index (χ1v) is 8.90. The van der Waals surface area contributed by atoms with E-state index in [0.717, 1.165) is 22.5 Å². The predicted octanol–water partition coefficient (Wildman–Crippen LogP) is 2.71. The average molecular weight is 368 g/mol. The SMILES string of the molecule is CC(Cc1ccc(N2C(=O)NN(c3ccc(CN)cc3)C2C)cc1)C(=O)O. The summed E-state index contributed by atoms with van der Waals surface area (Å²) in [6.07, 6.45) is 0.238. The van der Waals surface area contributed by atoms with Gasteiger partial charge in [-0.15, -0.1) is 0 Å².